The lowest BCUT2D eigenvalue weighted by Gasteiger charge is -2.30. The molecule has 1 aromatic heterocycles. The Morgan fingerprint density at radius 1 is 1.63 bits per heavy atom. The van der Waals surface area contributed by atoms with Gasteiger partial charge in [-0.25, -0.2) is 13.2 Å². The van der Waals surface area contributed by atoms with Gasteiger partial charge in [0.15, 0.2) is 6.10 Å². The number of hydrogen-bond donors (Lipinski definition) is 0. The van der Waals surface area contributed by atoms with Crippen LogP contribution in [0.3, 0.4) is 0 Å². The van der Waals surface area contributed by atoms with Crippen molar-refractivity contribution in [1.82, 2.24) is 4.31 Å². The minimum Gasteiger partial charge on any atom is -0.467 e. The quantitative estimate of drug-likeness (QED) is 0.745. The molecule has 1 saturated heterocycles. The van der Waals surface area contributed by atoms with Crippen molar-refractivity contribution in [3.05, 3.63) is 15.9 Å². The lowest BCUT2D eigenvalue weighted by molar-refractivity contribution is -0.157. The molecule has 19 heavy (non-hydrogen) atoms. The fourth-order valence-electron chi connectivity index (χ4n) is 1.70. The number of carbonyl (C=O) groups excluding carboxylic acids is 1. The standard InChI is InChI=1S/C10H12BrNO5S2/c1-16-9(13)8-6-12(3-4-17-8)19(14,15)10-7(11)2-5-18-10/h2,5,8H,3-4,6H2,1H3. The van der Waals surface area contributed by atoms with Crippen molar-refractivity contribution in [1.29, 1.82) is 0 Å². The van der Waals surface area contributed by atoms with Gasteiger partial charge in [-0.2, -0.15) is 4.31 Å². The summed E-state index contributed by atoms with van der Waals surface area (Å²) in [6, 6.07) is 1.68. The lowest BCUT2D eigenvalue weighted by Crippen LogP contribution is -2.48. The number of morpholine rings is 1. The highest BCUT2D eigenvalue weighted by atomic mass is 79.9. The van der Waals surface area contributed by atoms with Gasteiger partial charge < -0.3 is 9.47 Å². The van der Waals surface area contributed by atoms with E-state index in [2.05, 4.69) is 20.7 Å². The monoisotopic (exact) mass is 369 g/mol. The molecular formula is C10H12BrNO5S2. The van der Waals surface area contributed by atoms with Crippen LogP contribution >= 0.6 is 27.3 Å². The third-order valence-electron chi connectivity index (χ3n) is 2.65. The Labute approximate surface area is 123 Å². The zero-order valence-electron chi connectivity index (χ0n) is 10.0. The van der Waals surface area contributed by atoms with E-state index in [9.17, 15) is 13.2 Å². The Morgan fingerprint density at radius 3 is 2.95 bits per heavy atom. The number of halogens is 1. The van der Waals surface area contributed by atoms with Crippen molar-refractivity contribution in [2.75, 3.05) is 26.8 Å². The molecule has 1 fully saturated rings. The first-order chi connectivity index (χ1) is 8.96. The molecule has 0 bridgehead atoms. The van der Waals surface area contributed by atoms with Crippen LogP contribution in [0.4, 0.5) is 0 Å². The number of ether oxygens (including phenoxy) is 2. The summed E-state index contributed by atoms with van der Waals surface area (Å²) >= 11 is 4.34. The normalized spacial score (nSPS) is 21.3. The number of thiophene rings is 1. The second-order valence-corrected chi connectivity index (χ2v) is 7.71. The zero-order chi connectivity index (χ0) is 14.0. The Bertz CT molecular complexity index is 570. The van der Waals surface area contributed by atoms with Gasteiger partial charge in [0.05, 0.1) is 20.3 Å². The molecule has 1 aliphatic rings. The van der Waals surface area contributed by atoms with Crippen molar-refractivity contribution < 1.29 is 22.7 Å². The molecule has 1 unspecified atom stereocenters. The number of carbonyl (C=O) groups is 1. The topological polar surface area (TPSA) is 72.9 Å². The highest BCUT2D eigenvalue weighted by molar-refractivity contribution is 9.10. The summed E-state index contributed by atoms with van der Waals surface area (Å²) in [6.45, 7) is 0.363. The van der Waals surface area contributed by atoms with Gasteiger partial charge in [0.1, 0.15) is 4.21 Å². The van der Waals surface area contributed by atoms with Crippen LogP contribution in [0.1, 0.15) is 0 Å². The molecule has 0 spiro atoms. The van der Waals surface area contributed by atoms with Gasteiger partial charge >= 0.3 is 5.97 Å². The minimum atomic E-state index is -3.61. The van der Waals surface area contributed by atoms with Gasteiger partial charge in [-0.1, -0.05) is 0 Å². The average Bonchev–Trinajstić information content (AvgIpc) is 2.85. The summed E-state index contributed by atoms with van der Waals surface area (Å²) in [6.07, 6.45) is -0.868. The van der Waals surface area contributed by atoms with Crippen molar-refractivity contribution in [3.8, 4) is 0 Å². The molecule has 0 saturated carbocycles. The third kappa shape index (κ3) is 3.00. The molecule has 106 valence electrons. The van der Waals surface area contributed by atoms with Gasteiger partial charge in [-0.05, 0) is 27.4 Å². The lowest BCUT2D eigenvalue weighted by atomic mass is 10.3. The molecule has 0 aliphatic carbocycles. The van der Waals surface area contributed by atoms with E-state index in [-0.39, 0.29) is 23.9 Å². The largest absolute Gasteiger partial charge is 0.467 e. The Balaban J connectivity index is 2.22. The van der Waals surface area contributed by atoms with E-state index >= 15 is 0 Å². The molecule has 6 nitrogen and oxygen atoms in total. The summed E-state index contributed by atoms with van der Waals surface area (Å²) in [4.78, 5) is 11.4. The Hall–Kier alpha value is -0.480. The fraction of sp³-hybridized carbons (Fsp3) is 0.500. The van der Waals surface area contributed by atoms with E-state index in [0.29, 0.717) is 4.47 Å². The summed E-state index contributed by atoms with van der Waals surface area (Å²) in [5, 5.41) is 1.69. The van der Waals surface area contributed by atoms with E-state index in [0.717, 1.165) is 11.3 Å². The first-order valence-corrected chi connectivity index (χ1v) is 8.50. The highest BCUT2D eigenvalue weighted by Crippen LogP contribution is 2.31. The SMILES string of the molecule is COC(=O)C1CN(S(=O)(=O)c2sccc2Br)CCO1. The van der Waals surface area contributed by atoms with E-state index in [4.69, 9.17) is 4.74 Å². The summed E-state index contributed by atoms with van der Waals surface area (Å²) < 4.78 is 36.6. The molecule has 0 aromatic carbocycles. The van der Waals surface area contributed by atoms with Crippen LogP contribution < -0.4 is 0 Å². The van der Waals surface area contributed by atoms with Crippen molar-refractivity contribution in [2.45, 2.75) is 10.3 Å². The highest BCUT2D eigenvalue weighted by Gasteiger charge is 2.35. The fourth-order valence-corrected chi connectivity index (χ4v) is 5.57. The first kappa shape index (κ1) is 14.9. The molecule has 0 radical (unpaired) electrons. The molecule has 1 aromatic rings. The Kier molecular flexibility index (Phi) is 4.62. The molecule has 1 atom stereocenters. The third-order valence-corrected chi connectivity index (χ3v) is 7.16. The molecular weight excluding hydrogens is 358 g/mol. The smallest absolute Gasteiger partial charge is 0.336 e. The van der Waals surface area contributed by atoms with Crippen LogP contribution in [-0.2, 0) is 24.3 Å². The van der Waals surface area contributed by atoms with Crippen LogP contribution in [0.2, 0.25) is 0 Å². The molecule has 2 heterocycles. The van der Waals surface area contributed by atoms with Crippen LogP contribution in [0.15, 0.2) is 20.1 Å². The average molecular weight is 370 g/mol. The van der Waals surface area contributed by atoms with E-state index < -0.39 is 22.1 Å². The van der Waals surface area contributed by atoms with Crippen LogP contribution in [0.25, 0.3) is 0 Å². The number of sulfonamides is 1. The molecule has 1 aliphatic heterocycles. The van der Waals surface area contributed by atoms with Crippen LogP contribution in [0.5, 0.6) is 0 Å². The van der Waals surface area contributed by atoms with Crippen molar-refractivity contribution in [3.63, 3.8) is 0 Å². The second-order valence-electron chi connectivity index (χ2n) is 3.80. The number of nitrogens with zero attached hydrogens (tertiary/aromatic N) is 1. The second kappa shape index (κ2) is 5.88. The predicted molar refractivity (Wildman–Crippen MR) is 72.5 cm³/mol. The number of rotatable bonds is 3. The van der Waals surface area contributed by atoms with Gasteiger partial charge in [0.2, 0.25) is 0 Å². The van der Waals surface area contributed by atoms with E-state index in [1.165, 1.54) is 11.4 Å². The predicted octanol–water partition coefficient (Wildman–Crippen LogP) is 1.07. The number of methoxy groups -OCH3 is 1. The number of hydrogen-bond acceptors (Lipinski definition) is 6. The van der Waals surface area contributed by atoms with Crippen LogP contribution in [-0.4, -0.2) is 51.6 Å². The summed E-state index contributed by atoms with van der Waals surface area (Å²) in [7, 11) is -2.36. The summed E-state index contributed by atoms with van der Waals surface area (Å²) in [5.41, 5.74) is 0. The van der Waals surface area contributed by atoms with Gasteiger partial charge in [-0.3, -0.25) is 0 Å². The zero-order valence-corrected chi connectivity index (χ0v) is 13.3. The maximum absolute atomic E-state index is 12.4. The molecule has 0 amide bonds. The van der Waals surface area contributed by atoms with Gasteiger partial charge in [-0.15, -0.1) is 11.3 Å². The minimum absolute atomic E-state index is 0.0284. The maximum Gasteiger partial charge on any atom is 0.336 e. The number of esters is 1. The van der Waals surface area contributed by atoms with E-state index in [1.807, 2.05) is 0 Å². The van der Waals surface area contributed by atoms with Crippen molar-refractivity contribution in [2.24, 2.45) is 0 Å². The first-order valence-electron chi connectivity index (χ1n) is 5.39. The van der Waals surface area contributed by atoms with Crippen LogP contribution in [0, 0.1) is 0 Å². The molecule has 9 heteroatoms. The Morgan fingerprint density at radius 2 is 2.37 bits per heavy atom. The van der Waals surface area contributed by atoms with Gasteiger partial charge in [0.25, 0.3) is 10.0 Å². The van der Waals surface area contributed by atoms with E-state index in [1.54, 1.807) is 11.4 Å². The summed E-state index contributed by atoms with van der Waals surface area (Å²) in [5.74, 6) is -0.565. The maximum atomic E-state index is 12.4. The van der Waals surface area contributed by atoms with Crippen molar-refractivity contribution >= 4 is 43.3 Å². The molecule has 0 N–H and O–H groups in total. The molecule has 2 rings (SSSR count). The van der Waals surface area contributed by atoms with Gasteiger partial charge in [0, 0.05) is 11.0 Å².